The quantitative estimate of drug-likeness (QED) is 0.468. The van der Waals surface area contributed by atoms with Gasteiger partial charge in [-0.15, -0.1) is 0 Å². The van der Waals surface area contributed by atoms with Crippen LogP contribution < -0.4 is 5.32 Å². The summed E-state index contributed by atoms with van der Waals surface area (Å²) in [6, 6.07) is 15.8. The molecule has 2 aromatic rings. The maximum atomic E-state index is 4.30. The molecule has 0 aliphatic carbocycles. The van der Waals surface area contributed by atoms with Gasteiger partial charge in [-0.3, -0.25) is 0 Å². The standard InChI is InChI=1S/C13H10Br2N2/c14-10-1-5-12(6-2-10)16-9-17-13-7-3-11(15)4-8-13/h1-9H,(H,16,17)/i16+1,17+1. The minimum Gasteiger partial charge on any atom is -0.346 e. The third-order valence-corrected chi connectivity index (χ3v) is 3.17. The minimum atomic E-state index is 0.915. The first-order valence-electron chi connectivity index (χ1n) is 5.04. The molecule has 0 bridgehead atoms. The molecule has 0 fully saturated rings. The summed E-state index contributed by atoms with van der Waals surface area (Å²) in [5.41, 5.74) is 1.92. The highest BCUT2D eigenvalue weighted by Crippen LogP contribution is 2.17. The van der Waals surface area contributed by atoms with Crippen LogP contribution in [-0.4, -0.2) is 6.34 Å². The molecule has 0 saturated heterocycles. The van der Waals surface area contributed by atoms with Crippen LogP contribution in [-0.2, 0) is 0 Å². The lowest BCUT2D eigenvalue weighted by Gasteiger charge is -1.99. The zero-order valence-electron chi connectivity index (χ0n) is 8.90. The van der Waals surface area contributed by atoms with Crippen LogP contribution in [0.3, 0.4) is 0 Å². The van der Waals surface area contributed by atoms with Crippen LogP contribution in [0.5, 0.6) is 0 Å². The smallest absolute Gasteiger partial charge is 0.0930 e. The molecule has 0 aliphatic heterocycles. The number of nitrogens with zero attached hydrogens (tertiary/aromatic N) is 1. The van der Waals surface area contributed by atoms with Gasteiger partial charge in [-0.2, -0.15) is 0 Å². The van der Waals surface area contributed by atoms with Crippen LogP contribution in [0.4, 0.5) is 11.4 Å². The molecule has 17 heavy (non-hydrogen) atoms. The van der Waals surface area contributed by atoms with Crippen molar-refractivity contribution in [3.05, 3.63) is 57.5 Å². The number of rotatable bonds is 3. The van der Waals surface area contributed by atoms with Crippen molar-refractivity contribution >= 4 is 49.6 Å². The number of hydrogen-bond donors (Lipinski definition) is 1. The first-order chi connectivity index (χ1) is 8.24. The van der Waals surface area contributed by atoms with Crippen LogP contribution >= 0.6 is 31.9 Å². The van der Waals surface area contributed by atoms with Crippen LogP contribution in [0.25, 0.3) is 0 Å². The topological polar surface area (TPSA) is 24.4 Å². The third-order valence-electron chi connectivity index (χ3n) is 2.12. The number of nitrogens with one attached hydrogen (secondary N) is 1. The van der Waals surface area contributed by atoms with Crippen molar-refractivity contribution in [2.45, 2.75) is 0 Å². The second kappa shape index (κ2) is 5.98. The fourth-order valence-corrected chi connectivity index (χ4v) is 1.78. The summed E-state index contributed by atoms with van der Waals surface area (Å²) in [6.45, 7) is 0. The van der Waals surface area contributed by atoms with E-state index in [4.69, 9.17) is 0 Å². The molecule has 0 amide bonds. The van der Waals surface area contributed by atoms with Crippen LogP contribution in [0, 0.1) is 0 Å². The first kappa shape index (κ1) is 12.3. The molecule has 4 heteroatoms. The summed E-state index contributed by atoms with van der Waals surface area (Å²) in [5.74, 6) is 0. The fraction of sp³-hybridized carbons (Fsp3) is 0. The van der Waals surface area contributed by atoms with Gasteiger partial charge in [-0.1, -0.05) is 31.9 Å². The van der Waals surface area contributed by atoms with Gasteiger partial charge in [0.05, 0.1) is 12.0 Å². The minimum absolute atomic E-state index is 0.915. The molecule has 0 atom stereocenters. The molecule has 1 N–H and O–H groups in total. The maximum absolute atomic E-state index is 4.30. The van der Waals surface area contributed by atoms with Crippen molar-refractivity contribution in [2.24, 2.45) is 4.99 Å². The Labute approximate surface area is 117 Å². The molecule has 0 radical (unpaired) electrons. The molecule has 2 aromatic carbocycles. The average molecular weight is 356 g/mol. The van der Waals surface area contributed by atoms with Gasteiger partial charge in [0.2, 0.25) is 0 Å². The predicted molar refractivity (Wildman–Crippen MR) is 80.1 cm³/mol. The highest BCUT2D eigenvalue weighted by Gasteiger charge is 1.90. The highest BCUT2D eigenvalue weighted by molar-refractivity contribution is 9.10. The largest absolute Gasteiger partial charge is 0.346 e. The Morgan fingerprint density at radius 3 is 1.94 bits per heavy atom. The molecule has 2 rings (SSSR count). The fourth-order valence-electron chi connectivity index (χ4n) is 1.25. The number of aliphatic imine (C=N–C) groups is 1. The van der Waals surface area contributed by atoms with Crippen molar-refractivity contribution < 1.29 is 0 Å². The number of anilines is 1. The molecule has 0 spiro atoms. The molecule has 86 valence electrons. The Bertz CT molecular complexity index is 504. The van der Waals surface area contributed by atoms with E-state index in [0.717, 1.165) is 20.3 Å². The first-order valence-corrected chi connectivity index (χ1v) is 6.63. The molecule has 0 unspecified atom stereocenters. The van der Waals surface area contributed by atoms with E-state index in [9.17, 15) is 0 Å². The van der Waals surface area contributed by atoms with Crippen molar-refractivity contribution in [2.75, 3.05) is 5.32 Å². The van der Waals surface area contributed by atoms with Crippen molar-refractivity contribution in [3.63, 3.8) is 0 Å². The van der Waals surface area contributed by atoms with E-state index in [1.165, 1.54) is 0 Å². The summed E-state index contributed by atoms with van der Waals surface area (Å²) in [4.78, 5) is 4.30. The molecule has 0 aliphatic rings. The summed E-state index contributed by atoms with van der Waals surface area (Å²) in [5, 5.41) is 3.11. The van der Waals surface area contributed by atoms with Crippen LogP contribution in [0.1, 0.15) is 0 Å². The zero-order chi connectivity index (χ0) is 12.1. The summed E-state index contributed by atoms with van der Waals surface area (Å²) in [6.07, 6.45) is 1.69. The molecular formula is C13H10Br2N2. The van der Waals surface area contributed by atoms with Crippen molar-refractivity contribution in [3.8, 4) is 0 Å². The molecule has 2 nitrogen and oxygen atoms in total. The monoisotopic (exact) mass is 354 g/mol. The van der Waals surface area contributed by atoms with Gasteiger partial charge in [-0.05, 0) is 48.5 Å². The zero-order valence-corrected chi connectivity index (χ0v) is 12.1. The Hall–Kier alpha value is -1.13. The molecular weight excluding hydrogens is 346 g/mol. The van der Waals surface area contributed by atoms with Gasteiger partial charge in [0.25, 0.3) is 0 Å². The molecule has 0 saturated carbocycles. The maximum Gasteiger partial charge on any atom is 0.0930 e. The van der Waals surface area contributed by atoms with Gasteiger partial charge in [0, 0.05) is 14.6 Å². The van der Waals surface area contributed by atoms with Crippen molar-refractivity contribution in [1.29, 1.82) is 0 Å². The number of hydrogen-bond acceptors (Lipinski definition) is 1. The predicted octanol–water partition coefficient (Wildman–Crippen LogP) is 4.98. The third kappa shape index (κ3) is 3.98. The van der Waals surface area contributed by atoms with E-state index in [-0.39, 0.29) is 0 Å². The Morgan fingerprint density at radius 2 is 1.35 bits per heavy atom. The summed E-state index contributed by atoms with van der Waals surface area (Å²) >= 11 is 6.78. The average Bonchev–Trinajstić information content (AvgIpc) is 2.34. The second-order valence-corrected chi connectivity index (χ2v) is 5.22. The SMILES string of the molecule is Brc1ccc([15N]=C[15NH]c2ccc(Br)cc2)cc1. The van der Waals surface area contributed by atoms with E-state index >= 15 is 0 Å². The van der Waals surface area contributed by atoms with Crippen molar-refractivity contribution in [1.82, 2.24) is 0 Å². The lowest BCUT2D eigenvalue weighted by atomic mass is 10.3. The van der Waals surface area contributed by atoms with E-state index in [1.54, 1.807) is 6.34 Å². The summed E-state index contributed by atoms with van der Waals surface area (Å²) < 4.78 is 2.12. The Kier molecular flexibility index (Phi) is 4.34. The lowest BCUT2D eigenvalue weighted by Crippen LogP contribution is -1.93. The highest BCUT2D eigenvalue weighted by atomic mass is 79.9. The van der Waals surface area contributed by atoms with Gasteiger partial charge in [-0.25, -0.2) is 4.99 Å². The van der Waals surface area contributed by atoms with E-state index in [1.807, 2.05) is 48.5 Å². The van der Waals surface area contributed by atoms with Gasteiger partial charge >= 0.3 is 0 Å². The number of benzene rings is 2. The van der Waals surface area contributed by atoms with Gasteiger partial charge in [0.1, 0.15) is 0 Å². The Morgan fingerprint density at radius 1 is 0.824 bits per heavy atom. The number of halogens is 2. The van der Waals surface area contributed by atoms with E-state index in [0.29, 0.717) is 0 Å². The summed E-state index contributed by atoms with van der Waals surface area (Å²) in [7, 11) is 0. The second-order valence-electron chi connectivity index (χ2n) is 3.39. The van der Waals surface area contributed by atoms with E-state index in [2.05, 4.69) is 42.2 Å². The molecule has 0 aromatic heterocycles. The molecule has 0 heterocycles. The normalized spacial score (nSPS) is 10.7. The Balaban J connectivity index is 1.97. The van der Waals surface area contributed by atoms with Gasteiger partial charge < -0.3 is 5.32 Å². The van der Waals surface area contributed by atoms with Crippen LogP contribution in [0.15, 0.2) is 62.5 Å². The van der Waals surface area contributed by atoms with Crippen LogP contribution in [0.2, 0.25) is 0 Å². The van der Waals surface area contributed by atoms with Gasteiger partial charge in [0.15, 0.2) is 0 Å². The van der Waals surface area contributed by atoms with E-state index < -0.39 is 0 Å². The lowest BCUT2D eigenvalue weighted by molar-refractivity contribution is 1.50.